The zero-order valence-corrected chi connectivity index (χ0v) is 14.9. The fourth-order valence-corrected chi connectivity index (χ4v) is 4.17. The molecule has 1 aliphatic carbocycles. The molecule has 3 rings (SSSR count). The van der Waals surface area contributed by atoms with E-state index in [1.54, 1.807) is 0 Å². The quantitative estimate of drug-likeness (QED) is 0.843. The predicted octanol–water partition coefficient (Wildman–Crippen LogP) is 2.59. The van der Waals surface area contributed by atoms with Crippen LogP contribution in [0.3, 0.4) is 0 Å². The van der Waals surface area contributed by atoms with E-state index in [2.05, 4.69) is 10.2 Å². The van der Waals surface area contributed by atoms with E-state index in [0.717, 1.165) is 32.8 Å². The topological polar surface area (TPSA) is 46.5 Å². The summed E-state index contributed by atoms with van der Waals surface area (Å²) in [6.45, 7) is 6.33. The number of carbonyl (C=O) groups excluding carboxylic acids is 1. The Labute approximate surface area is 145 Å². The Kier molecular flexibility index (Phi) is 5.95. The van der Waals surface area contributed by atoms with Crippen molar-refractivity contribution in [1.29, 1.82) is 0 Å². The molecule has 1 unspecified atom stereocenters. The molecule has 2 heterocycles. The number of morpholine rings is 1. The lowest BCUT2D eigenvalue weighted by atomic mass is 9.87. The molecule has 1 saturated heterocycles. The Bertz CT molecular complexity index is 501. The molecule has 24 heavy (non-hydrogen) atoms. The SMILES string of the molecule is CC(C(=O)NCC1(N2CCOCC2)CCCCCC1)n1cccc1. The van der Waals surface area contributed by atoms with Crippen molar-refractivity contribution in [2.75, 3.05) is 32.8 Å². The fourth-order valence-electron chi connectivity index (χ4n) is 4.17. The van der Waals surface area contributed by atoms with Gasteiger partial charge in [-0.05, 0) is 31.9 Å². The zero-order chi connectivity index (χ0) is 16.8. The van der Waals surface area contributed by atoms with Gasteiger partial charge in [-0.2, -0.15) is 0 Å². The summed E-state index contributed by atoms with van der Waals surface area (Å²) in [7, 11) is 0. The molecule has 5 nitrogen and oxygen atoms in total. The van der Waals surface area contributed by atoms with Crippen molar-refractivity contribution in [2.45, 2.75) is 57.0 Å². The molecule has 5 heteroatoms. The maximum Gasteiger partial charge on any atom is 0.242 e. The maximum atomic E-state index is 12.6. The van der Waals surface area contributed by atoms with Crippen molar-refractivity contribution in [3.05, 3.63) is 24.5 Å². The Balaban J connectivity index is 1.66. The summed E-state index contributed by atoms with van der Waals surface area (Å²) >= 11 is 0. The summed E-state index contributed by atoms with van der Waals surface area (Å²) in [5.41, 5.74) is 0.117. The number of hydrogen-bond acceptors (Lipinski definition) is 3. The van der Waals surface area contributed by atoms with E-state index in [4.69, 9.17) is 4.74 Å². The van der Waals surface area contributed by atoms with Crippen LogP contribution in [-0.2, 0) is 9.53 Å². The van der Waals surface area contributed by atoms with E-state index in [-0.39, 0.29) is 17.5 Å². The standard InChI is InChI=1S/C19H31N3O2/c1-17(21-10-6-7-11-21)18(23)20-16-19(8-4-2-3-5-9-19)22-12-14-24-15-13-22/h6-7,10-11,17H,2-5,8-9,12-16H2,1H3,(H,20,23). The summed E-state index contributed by atoms with van der Waals surface area (Å²) in [6.07, 6.45) is 11.4. The summed E-state index contributed by atoms with van der Waals surface area (Å²) in [6, 6.07) is 3.77. The van der Waals surface area contributed by atoms with Crippen LogP contribution in [0.1, 0.15) is 51.5 Å². The van der Waals surface area contributed by atoms with Crippen LogP contribution in [0.5, 0.6) is 0 Å². The number of carbonyl (C=O) groups is 1. The van der Waals surface area contributed by atoms with Gasteiger partial charge in [-0.25, -0.2) is 0 Å². The van der Waals surface area contributed by atoms with Crippen molar-refractivity contribution < 1.29 is 9.53 Å². The van der Waals surface area contributed by atoms with Crippen LogP contribution < -0.4 is 5.32 Å². The lowest BCUT2D eigenvalue weighted by Gasteiger charge is -2.46. The molecule has 0 radical (unpaired) electrons. The van der Waals surface area contributed by atoms with Crippen molar-refractivity contribution >= 4 is 5.91 Å². The molecular weight excluding hydrogens is 302 g/mol. The van der Waals surface area contributed by atoms with Crippen LogP contribution in [0.25, 0.3) is 0 Å². The van der Waals surface area contributed by atoms with E-state index in [1.165, 1.54) is 38.5 Å². The summed E-state index contributed by atoms with van der Waals surface area (Å²) in [4.78, 5) is 15.2. The second kappa shape index (κ2) is 8.17. The first kappa shape index (κ1) is 17.5. The van der Waals surface area contributed by atoms with Crippen molar-refractivity contribution in [2.24, 2.45) is 0 Å². The molecule has 0 spiro atoms. The Morgan fingerprint density at radius 1 is 1.12 bits per heavy atom. The molecule has 2 aliphatic rings. The molecule has 1 atom stereocenters. The smallest absolute Gasteiger partial charge is 0.242 e. The number of amides is 1. The third kappa shape index (κ3) is 4.01. The first-order valence-corrected chi connectivity index (χ1v) is 9.44. The third-order valence-corrected chi connectivity index (χ3v) is 5.76. The highest BCUT2D eigenvalue weighted by atomic mass is 16.5. The minimum atomic E-state index is -0.160. The number of nitrogens with zero attached hydrogens (tertiary/aromatic N) is 2. The van der Waals surface area contributed by atoms with Crippen LogP contribution in [0.4, 0.5) is 0 Å². The Morgan fingerprint density at radius 3 is 2.38 bits per heavy atom. The number of nitrogens with one attached hydrogen (secondary N) is 1. The second-order valence-electron chi connectivity index (χ2n) is 7.26. The van der Waals surface area contributed by atoms with Crippen LogP contribution >= 0.6 is 0 Å². The van der Waals surface area contributed by atoms with Gasteiger partial charge in [-0.15, -0.1) is 0 Å². The van der Waals surface area contributed by atoms with E-state index in [1.807, 2.05) is 36.0 Å². The molecule has 1 amide bonds. The predicted molar refractivity (Wildman–Crippen MR) is 95.0 cm³/mol. The highest BCUT2D eigenvalue weighted by molar-refractivity contribution is 5.80. The van der Waals surface area contributed by atoms with Gasteiger partial charge in [-0.3, -0.25) is 9.69 Å². The molecule has 1 aromatic rings. The van der Waals surface area contributed by atoms with Gasteiger partial charge >= 0.3 is 0 Å². The summed E-state index contributed by atoms with van der Waals surface area (Å²) in [5, 5.41) is 3.26. The minimum absolute atomic E-state index is 0.114. The van der Waals surface area contributed by atoms with E-state index in [9.17, 15) is 4.79 Å². The van der Waals surface area contributed by atoms with Gasteiger partial charge in [0.2, 0.25) is 5.91 Å². The molecule has 0 bridgehead atoms. The first-order chi connectivity index (χ1) is 11.7. The van der Waals surface area contributed by atoms with Gasteiger partial charge in [-0.1, -0.05) is 25.7 Å². The number of ether oxygens (including phenoxy) is 1. The van der Waals surface area contributed by atoms with E-state index >= 15 is 0 Å². The molecule has 134 valence electrons. The lowest BCUT2D eigenvalue weighted by Crippen LogP contribution is -2.59. The minimum Gasteiger partial charge on any atom is -0.379 e. The number of hydrogen-bond donors (Lipinski definition) is 1. The van der Waals surface area contributed by atoms with Gasteiger partial charge in [0, 0.05) is 37.6 Å². The average molecular weight is 333 g/mol. The molecule has 1 saturated carbocycles. The highest BCUT2D eigenvalue weighted by Crippen LogP contribution is 2.33. The second-order valence-corrected chi connectivity index (χ2v) is 7.26. The van der Waals surface area contributed by atoms with Crippen LogP contribution in [0.2, 0.25) is 0 Å². The summed E-state index contributed by atoms with van der Waals surface area (Å²) < 4.78 is 7.51. The van der Waals surface area contributed by atoms with Gasteiger partial charge in [0.1, 0.15) is 6.04 Å². The molecule has 0 aromatic carbocycles. The normalized spacial score (nSPS) is 23.4. The molecule has 1 aromatic heterocycles. The van der Waals surface area contributed by atoms with Crippen LogP contribution in [-0.4, -0.2) is 53.8 Å². The highest BCUT2D eigenvalue weighted by Gasteiger charge is 2.38. The van der Waals surface area contributed by atoms with E-state index < -0.39 is 0 Å². The van der Waals surface area contributed by atoms with Crippen LogP contribution in [0, 0.1) is 0 Å². The molecule has 1 N–H and O–H groups in total. The first-order valence-electron chi connectivity index (χ1n) is 9.44. The number of rotatable bonds is 5. The Morgan fingerprint density at radius 2 is 1.75 bits per heavy atom. The van der Waals surface area contributed by atoms with Crippen molar-refractivity contribution in [3.63, 3.8) is 0 Å². The van der Waals surface area contributed by atoms with Gasteiger partial charge in [0.25, 0.3) is 0 Å². The molecule has 2 fully saturated rings. The van der Waals surface area contributed by atoms with Crippen LogP contribution in [0.15, 0.2) is 24.5 Å². The third-order valence-electron chi connectivity index (χ3n) is 5.76. The lowest BCUT2D eigenvalue weighted by molar-refractivity contribution is -0.125. The fraction of sp³-hybridized carbons (Fsp3) is 0.737. The van der Waals surface area contributed by atoms with Gasteiger partial charge < -0.3 is 14.6 Å². The van der Waals surface area contributed by atoms with E-state index in [0.29, 0.717) is 0 Å². The van der Waals surface area contributed by atoms with Crippen molar-refractivity contribution in [1.82, 2.24) is 14.8 Å². The largest absolute Gasteiger partial charge is 0.379 e. The molecule has 1 aliphatic heterocycles. The van der Waals surface area contributed by atoms with Gasteiger partial charge in [0.15, 0.2) is 0 Å². The molecular formula is C19H31N3O2. The summed E-state index contributed by atoms with van der Waals surface area (Å²) in [5.74, 6) is 0.114. The zero-order valence-electron chi connectivity index (χ0n) is 14.9. The average Bonchev–Trinajstić information content (AvgIpc) is 3.06. The number of aromatic nitrogens is 1. The maximum absolute atomic E-state index is 12.6. The monoisotopic (exact) mass is 333 g/mol. The van der Waals surface area contributed by atoms with Gasteiger partial charge in [0.05, 0.1) is 13.2 Å². The Hall–Kier alpha value is -1.33. The van der Waals surface area contributed by atoms with Crippen molar-refractivity contribution in [3.8, 4) is 0 Å².